The summed E-state index contributed by atoms with van der Waals surface area (Å²) in [7, 11) is 0. The van der Waals surface area contributed by atoms with Gasteiger partial charge in [-0.1, -0.05) is 33.1 Å². The second kappa shape index (κ2) is 10.9. The van der Waals surface area contributed by atoms with Gasteiger partial charge in [-0.05, 0) is 12.2 Å². The summed E-state index contributed by atoms with van der Waals surface area (Å²) < 4.78 is 0. The highest BCUT2D eigenvalue weighted by molar-refractivity contribution is 7.99. The fourth-order valence-electron chi connectivity index (χ4n) is 1.12. The molecule has 0 saturated heterocycles. The number of carbonyl (C=O) groups is 1. The summed E-state index contributed by atoms with van der Waals surface area (Å²) in [4.78, 5) is 10.9. The summed E-state index contributed by atoms with van der Waals surface area (Å²) in [6.45, 7) is 4.94. The van der Waals surface area contributed by atoms with E-state index < -0.39 is 0 Å². The highest BCUT2D eigenvalue weighted by atomic mass is 32.2. The Hall–Kier alpha value is -0.180. The van der Waals surface area contributed by atoms with E-state index in [2.05, 4.69) is 12.2 Å². The number of carbonyl (C=O) groups excluding carboxylic acids is 1. The minimum atomic E-state index is 0.164. The van der Waals surface area contributed by atoms with Gasteiger partial charge in [0.05, 0.1) is 0 Å². The third kappa shape index (κ3) is 9.90. The van der Waals surface area contributed by atoms with Crippen molar-refractivity contribution in [2.75, 3.05) is 18.1 Å². The van der Waals surface area contributed by atoms with E-state index in [1.54, 1.807) is 0 Å². The van der Waals surface area contributed by atoms with Crippen LogP contribution in [0.1, 0.15) is 46.0 Å². The number of nitrogens with one attached hydrogen (secondary N) is 1. The van der Waals surface area contributed by atoms with Crippen LogP contribution in [-0.4, -0.2) is 24.0 Å². The quantitative estimate of drug-likeness (QED) is 0.602. The van der Waals surface area contributed by atoms with Gasteiger partial charge in [-0.25, -0.2) is 0 Å². The van der Waals surface area contributed by atoms with Crippen molar-refractivity contribution in [3.05, 3.63) is 0 Å². The summed E-state index contributed by atoms with van der Waals surface area (Å²) in [5, 5.41) is 2.87. The van der Waals surface area contributed by atoms with Crippen LogP contribution in [0.25, 0.3) is 0 Å². The Morgan fingerprint density at radius 2 is 1.93 bits per heavy atom. The molecule has 0 aromatic carbocycles. The number of hydrogen-bond donors (Lipinski definition) is 1. The Kier molecular flexibility index (Phi) is 10.8. The summed E-state index contributed by atoms with van der Waals surface area (Å²) in [6, 6.07) is 0. The van der Waals surface area contributed by atoms with E-state index in [-0.39, 0.29) is 5.91 Å². The molecule has 0 atom stereocenters. The van der Waals surface area contributed by atoms with Gasteiger partial charge < -0.3 is 5.32 Å². The largest absolute Gasteiger partial charge is 0.355 e. The zero-order chi connectivity index (χ0) is 10.6. The molecule has 0 unspecified atom stereocenters. The molecule has 0 aliphatic heterocycles. The maximum atomic E-state index is 10.9. The van der Waals surface area contributed by atoms with Crippen molar-refractivity contribution in [1.82, 2.24) is 5.32 Å². The van der Waals surface area contributed by atoms with Crippen LogP contribution in [0, 0.1) is 0 Å². The number of amides is 1. The maximum absolute atomic E-state index is 10.9. The molecule has 14 heavy (non-hydrogen) atoms. The Labute approximate surface area is 92.2 Å². The van der Waals surface area contributed by atoms with E-state index in [1.807, 2.05) is 18.7 Å². The highest BCUT2D eigenvalue weighted by Gasteiger charge is 1.95. The normalized spacial score (nSPS) is 10.1. The van der Waals surface area contributed by atoms with E-state index in [0.29, 0.717) is 6.42 Å². The maximum Gasteiger partial charge on any atom is 0.219 e. The SMILES string of the molecule is CCCCCCSCCNC(=O)CC. The number of hydrogen-bond acceptors (Lipinski definition) is 2. The number of rotatable bonds is 9. The van der Waals surface area contributed by atoms with Crippen molar-refractivity contribution in [2.24, 2.45) is 0 Å². The standard InChI is InChI=1S/C11H23NOS/c1-3-5-6-7-9-14-10-8-12-11(13)4-2/h3-10H2,1-2H3,(H,12,13). The molecular weight excluding hydrogens is 194 g/mol. The van der Waals surface area contributed by atoms with Crippen molar-refractivity contribution >= 4 is 17.7 Å². The lowest BCUT2D eigenvalue weighted by Crippen LogP contribution is -2.24. The lowest BCUT2D eigenvalue weighted by molar-refractivity contribution is -0.120. The average molecular weight is 217 g/mol. The lowest BCUT2D eigenvalue weighted by Gasteiger charge is -2.03. The molecule has 0 aliphatic carbocycles. The van der Waals surface area contributed by atoms with E-state index in [4.69, 9.17) is 0 Å². The van der Waals surface area contributed by atoms with Crippen molar-refractivity contribution in [1.29, 1.82) is 0 Å². The van der Waals surface area contributed by atoms with Crippen molar-refractivity contribution < 1.29 is 4.79 Å². The van der Waals surface area contributed by atoms with Crippen LogP contribution in [0.5, 0.6) is 0 Å². The predicted molar refractivity (Wildman–Crippen MR) is 64.8 cm³/mol. The minimum absolute atomic E-state index is 0.164. The predicted octanol–water partition coefficient (Wildman–Crippen LogP) is 2.83. The first kappa shape index (κ1) is 13.8. The van der Waals surface area contributed by atoms with Crippen molar-refractivity contribution in [3.8, 4) is 0 Å². The summed E-state index contributed by atoms with van der Waals surface area (Å²) in [5.74, 6) is 2.46. The molecule has 0 bridgehead atoms. The van der Waals surface area contributed by atoms with Gasteiger partial charge in [0, 0.05) is 18.7 Å². The fourth-order valence-corrected chi connectivity index (χ4v) is 1.98. The van der Waals surface area contributed by atoms with Crippen LogP contribution in [0.2, 0.25) is 0 Å². The third-order valence-electron chi connectivity index (χ3n) is 2.03. The molecular formula is C11H23NOS. The summed E-state index contributed by atoms with van der Waals surface area (Å²) in [5.41, 5.74) is 0. The Balaban J connectivity index is 2.95. The average Bonchev–Trinajstić information content (AvgIpc) is 2.21. The lowest BCUT2D eigenvalue weighted by atomic mass is 10.2. The van der Waals surface area contributed by atoms with E-state index in [9.17, 15) is 4.79 Å². The smallest absolute Gasteiger partial charge is 0.219 e. The van der Waals surface area contributed by atoms with Gasteiger partial charge >= 0.3 is 0 Å². The molecule has 0 heterocycles. The molecule has 0 aromatic rings. The molecule has 0 aliphatic rings. The molecule has 0 rings (SSSR count). The molecule has 1 amide bonds. The van der Waals surface area contributed by atoms with E-state index in [1.165, 1.54) is 31.4 Å². The second-order valence-electron chi connectivity index (χ2n) is 3.38. The van der Waals surface area contributed by atoms with Gasteiger partial charge in [-0.2, -0.15) is 11.8 Å². The number of unbranched alkanes of at least 4 members (excludes halogenated alkanes) is 3. The van der Waals surface area contributed by atoms with Crippen LogP contribution in [0.3, 0.4) is 0 Å². The molecule has 0 aromatic heterocycles. The zero-order valence-electron chi connectivity index (χ0n) is 9.47. The molecule has 0 spiro atoms. The molecule has 3 heteroatoms. The third-order valence-corrected chi connectivity index (χ3v) is 3.10. The zero-order valence-corrected chi connectivity index (χ0v) is 10.3. The molecule has 0 radical (unpaired) electrons. The van der Waals surface area contributed by atoms with Gasteiger partial charge in [0.25, 0.3) is 0 Å². The van der Waals surface area contributed by atoms with Crippen LogP contribution < -0.4 is 5.32 Å². The van der Waals surface area contributed by atoms with Crippen LogP contribution in [-0.2, 0) is 4.79 Å². The van der Waals surface area contributed by atoms with Crippen LogP contribution >= 0.6 is 11.8 Å². The van der Waals surface area contributed by atoms with Gasteiger partial charge in [0.15, 0.2) is 0 Å². The minimum Gasteiger partial charge on any atom is -0.355 e. The van der Waals surface area contributed by atoms with Gasteiger partial charge in [0.2, 0.25) is 5.91 Å². The van der Waals surface area contributed by atoms with Crippen molar-refractivity contribution in [2.45, 2.75) is 46.0 Å². The van der Waals surface area contributed by atoms with Gasteiger partial charge in [-0.3, -0.25) is 4.79 Å². The first-order valence-corrected chi connectivity index (χ1v) is 6.81. The molecule has 0 fully saturated rings. The van der Waals surface area contributed by atoms with Crippen molar-refractivity contribution in [3.63, 3.8) is 0 Å². The second-order valence-corrected chi connectivity index (χ2v) is 4.60. The molecule has 0 saturated carbocycles. The Morgan fingerprint density at radius 1 is 1.14 bits per heavy atom. The monoisotopic (exact) mass is 217 g/mol. The van der Waals surface area contributed by atoms with Gasteiger partial charge in [-0.15, -0.1) is 0 Å². The number of thioether (sulfide) groups is 1. The first-order chi connectivity index (χ1) is 6.81. The Morgan fingerprint density at radius 3 is 2.57 bits per heavy atom. The first-order valence-electron chi connectivity index (χ1n) is 5.65. The van der Waals surface area contributed by atoms with E-state index >= 15 is 0 Å². The summed E-state index contributed by atoms with van der Waals surface area (Å²) >= 11 is 1.94. The van der Waals surface area contributed by atoms with Crippen LogP contribution in [0.4, 0.5) is 0 Å². The van der Waals surface area contributed by atoms with Gasteiger partial charge in [0.1, 0.15) is 0 Å². The molecule has 1 N–H and O–H groups in total. The van der Waals surface area contributed by atoms with Crippen LogP contribution in [0.15, 0.2) is 0 Å². The fraction of sp³-hybridized carbons (Fsp3) is 0.909. The topological polar surface area (TPSA) is 29.1 Å². The Bertz CT molecular complexity index is 139. The molecule has 84 valence electrons. The summed E-state index contributed by atoms with van der Waals surface area (Å²) in [6.07, 6.45) is 5.93. The van der Waals surface area contributed by atoms with E-state index in [0.717, 1.165) is 12.3 Å². The highest BCUT2D eigenvalue weighted by Crippen LogP contribution is 2.06. The molecule has 2 nitrogen and oxygen atoms in total.